The second-order valence-electron chi connectivity index (χ2n) is 9.08. The molecule has 1 aliphatic heterocycles. The highest BCUT2D eigenvalue weighted by Crippen LogP contribution is 2.36. The Hall–Kier alpha value is -4.11. The quantitative estimate of drug-likeness (QED) is 0.332. The molecule has 0 spiro atoms. The summed E-state index contributed by atoms with van der Waals surface area (Å²) in [5, 5.41) is 1.04. The first-order valence-corrected chi connectivity index (χ1v) is 13.9. The second-order valence-corrected chi connectivity index (χ2v) is 10.1. The molecule has 0 fully saturated rings. The fourth-order valence-electron chi connectivity index (χ4n) is 4.96. The predicted octanol–water partition coefficient (Wildman–Crippen LogP) is 4.39. The van der Waals surface area contributed by atoms with Gasteiger partial charge in [0, 0.05) is 22.2 Å². The topological polar surface area (TPSA) is 94.9 Å². The van der Waals surface area contributed by atoms with Gasteiger partial charge in [-0.05, 0) is 64.5 Å². The Morgan fingerprint density at radius 2 is 1.79 bits per heavy atom. The Morgan fingerprint density at radius 3 is 2.54 bits per heavy atom. The van der Waals surface area contributed by atoms with Crippen LogP contribution in [0.25, 0.3) is 17.0 Å². The van der Waals surface area contributed by atoms with Crippen molar-refractivity contribution in [3.05, 3.63) is 90.2 Å². The van der Waals surface area contributed by atoms with Crippen LogP contribution in [-0.4, -0.2) is 35.3 Å². The van der Waals surface area contributed by atoms with Crippen molar-refractivity contribution in [3.63, 3.8) is 0 Å². The van der Waals surface area contributed by atoms with Crippen molar-refractivity contribution < 1.29 is 19.0 Å². The monoisotopic (exact) mass is 545 g/mol. The zero-order chi connectivity index (χ0) is 27.7. The number of fused-ring (bicyclic) bond motifs is 2. The summed E-state index contributed by atoms with van der Waals surface area (Å²) in [5.74, 6) is 0.646. The first kappa shape index (κ1) is 26.5. The molecule has 0 unspecified atom stereocenters. The second kappa shape index (κ2) is 10.9. The van der Waals surface area contributed by atoms with Crippen LogP contribution in [0.3, 0.4) is 0 Å². The molecule has 1 atom stereocenters. The van der Waals surface area contributed by atoms with E-state index in [1.807, 2.05) is 69.3 Å². The van der Waals surface area contributed by atoms with Crippen LogP contribution in [-0.2, 0) is 9.53 Å². The Balaban J connectivity index is 1.75. The number of aryl methyl sites for hydroxylation is 1. The third kappa shape index (κ3) is 4.78. The first-order chi connectivity index (χ1) is 18.9. The first-order valence-electron chi connectivity index (χ1n) is 13.0. The van der Waals surface area contributed by atoms with Crippen molar-refractivity contribution in [2.24, 2.45) is 4.99 Å². The van der Waals surface area contributed by atoms with Gasteiger partial charge in [-0.25, -0.2) is 9.79 Å². The van der Waals surface area contributed by atoms with Crippen molar-refractivity contribution in [1.82, 2.24) is 9.55 Å². The maximum Gasteiger partial charge on any atom is 0.338 e. The highest BCUT2D eigenvalue weighted by Gasteiger charge is 2.34. The van der Waals surface area contributed by atoms with Crippen LogP contribution in [0.2, 0.25) is 0 Å². The zero-order valence-corrected chi connectivity index (χ0v) is 23.5. The van der Waals surface area contributed by atoms with Crippen molar-refractivity contribution in [2.75, 3.05) is 19.8 Å². The molecule has 5 rings (SSSR count). The van der Waals surface area contributed by atoms with Crippen molar-refractivity contribution in [3.8, 4) is 11.5 Å². The van der Waals surface area contributed by atoms with Gasteiger partial charge in [0.1, 0.15) is 0 Å². The summed E-state index contributed by atoms with van der Waals surface area (Å²) in [6, 6.07) is 12.8. The number of thiazole rings is 1. The Kier molecular flexibility index (Phi) is 7.43. The molecule has 1 aliphatic rings. The standard InChI is InChI=1S/C30H31N3O5S/c1-6-36-23-14-13-19(15-24(23)37-7-2)27-26(29(35)38-8-3)18(5)32-30-33(27)28(34)25(39-30)16-21-17(4)31-22-12-10-9-11-20(21)22/h9-16,27,31H,6-8H2,1-5H3/t27-/m0/s1. The van der Waals surface area contributed by atoms with Gasteiger partial charge in [-0.15, -0.1) is 0 Å². The zero-order valence-electron chi connectivity index (χ0n) is 22.7. The van der Waals surface area contributed by atoms with Crippen LogP contribution < -0.4 is 24.4 Å². The van der Waals surface area contributed by atoms with Crippen LogP contribution in [0.1, 0.15) is 50.6 Å². The van der Waals surface area contributed by atoms with Gasteiger partial charge in [0.15, 0.2) is 16.3 Å². The van der Waals surface area contributed by atoms with Crippen LogP contribution in [0, 0.1) is 6.92 Å². The summed E-state index contributed by atoms with van der Waals surface area (Å²) in [7, 11) is 0. The van der Waals surface area contributed by atoms with E-state index in [1.165, 1.54) is 11.3 Å². The van der Waals surface area contributed by atoms with Gasteiger partial charge < -0.3 is 19.2 Å². The summed E-state index contributed by atoms with van der Waals surface area (Å²) in [5.41, 5.74) is 4.24. The number of H-pyrrole nitrogens is 1. The van der Waals surface area contributed by atoms with Crippen LogP contribution in [0.15, 0.2) is 63.5 Å². The van der Waals surface area contributed by atoms with Gasteiger partial charge in [0.2, 0.25) is 0 Å². The van der Waals surface area contributed by atoms with E-state index < -0.39 is 12.0 Å². The van der Waals surface area contributed by atoms with Gasteiger partial charge in [-0.1, -0.05) is 35.6 Å². The van der Waals surface area contributed by atoms with Gasteiger partial charge in [-0.3, -0.25) is 9.36 Å². The molecule has 3 heterocycles. The SMILES string of the molecule is CCOC(=O)C1=C(C)N=c2sc(=Cc3c(C)[nH]c4ccccc34)c(=O)n2[C@H]1c1ccc(OCC)c(OCC)c1. The Bertz CT molecular complexity index is 1780. The number of aromatic nitrogens is 2. The number of carbonyl (C=O) groups excluding carboxylic acids is 1. The molecule has 2 aromatic carbocycles. The number of nitrogens with one attached hydrogen (secondary N) is 1. The number of allylic oxidation sites excluding steroid dienone is 1. The molecule has 9 heteroatoms. The minimum Gasteiger partial charge on any atom is -0.490 e. The van der Waals surface area contributed by atoms with E-state index in [0.29, 0.717) is 50.9 Å². The molecule has 39 heavy (non-hydrogen) atoms. The maximum atomic E-state index is 14.0. The number of benzene rings is 2. The molecular formula is C30H31N3O5S. The summed E-state index contributed by atoms with van der Waals surface area (Å²) >= 11 is 1.30. The van der Waals surface area contributed by atoms with Crippen LogP contribution >= 0.6 is 11.3 Å². The third-order valence-electron chi connectivity index (χ3n) is 6.62. The number of hydrogen-bond acceptors (Lipinski definition) is 7. The number of aromatic amines is 1. The molecule has 0 aliphatic carbocycles. The van der Waals surface area contributed by atoms with Gasteiger partial charge in [0.05, 0.1) is 41.7 Å². The summed E-state index contributed by atoms with van der Waals surface area (Å²) in [6.07, 6.45) is 1.91. The lowest BCUT2D eigenvalue weighted by Gasteiger charge is -2.25. The molecule has 4 aromatic rings. The fraction of sp³-hybridized carbons (Fsp3) is 0.300. The van der Waals surface area contributed by atoms with Crippen molar-refractivity contribution in [2.45, 2.75) is 40.7 Å². The highest BCUT2D eigenvalue weighted by molar-refractivity contribution is 7.07. The highest BCUT2D eigenvalue weighted by atomic mass is 32.1. The fourth-order valence-corrected chi connectivity index (χ4v) is 5.99. The number of ether oxygens (including phenoxy) is 3. The van der Waals surface area contributed by atoms with E-state index in [2.05, 4.69) is 9.98 Å². The third-order valence-corrected chi connectivity index (χ3v) is 7.60. The molecule has 2 aromatic heterocycles. The molecule has 0 bridgehead atoms. The molecule has 202 valence electrons. The number of hydrogen-bond donors (Lipinski definition) is 1. The minimum absolute atomic E-state index is 0.208. The van der Waals surface area contributed by atoms with E-state index in [4.69, 9.17) is 14.2 Å². The van der Waals surface area contributed by atoms with Crippen LogP contribution in [0.5, 0.6) is 11.5 Å². The molecule has 0 radical (unpaired) electrons. The van der Waals surface area contributed by atoms with Gasteiger partial charge in [-0.2, -0.15) is 0 Å². The van der Waals surface area contributed by atoms with Crippen LogP contribution in [0.4, 0.5) is 0 Å². The Labute approximate surface area is 229 Å². The Morgan fingerprint density at radius 1 is 1.05 bits per heavy atom. The normalized spacial score (nSPS) is 15.3. The minimum atomic E-state index is -0.735. The summed E-state index contributed by atoms with van der Waals surface area (Å²) in [6.45, 7) is 10.5. The number of nitrogens with zero attached hydrogens (tertiary/aromatic N) is 2. The van der Waals surface area contributed by atoms with E-state index in [-0.39, 0.29) is 12.2 Å². The van der Waals surface area contributed by atoms with E-state index in [9.17, 15) is 9.59 Å². The number of esters is 1. The lowest BCUT2D eigenvalue weighted by Crippen LogP contribution is -2.40. The van der Waals surface area contributed by atoms with Gasteiger partial charge in [0.25, 0.3) is 5.56 Å². The van der Waals surface area contributed by atoms with Crippen molar-refractivity contribution in [1.29, 1.82) is 0 Å². The largest absolute Gasteiger partial charge is 0.490 e. The summed E-state index contributed by atoms with van der Waals surface area (Å²) in [4.78, 5) is 35.8. The van der Waals surface area contributed by atoms with E-state index in [0.717, 1.165) is 22.2 Å². The predicted molar refractivity (Wildman–Crippen MR) is 152 cm³/mol. The summed E-state index contributed by atoms with van der Waals surface area (Å²) < 4.78 is 19.1. The molecule has 0 amide bonds. The average molecular weight is 546 g/mol. The average Bonchev–Trinajstić information content (AvgIpc) is 3.40. The number of carbonyl (C=O) groups is 1. The smallest absolute Gasteiger partial charge is 0.338 e. The van der Waals surface area contributed by atoms with E-state index in [1.54, 1.807) is 18.4 Å². The molecular weight excluding hydrogens is 514 g/mol. The van der Waals surface area contributed by atoms with E-state index >= 15 is 0 Å². The molecule has 0 saturated carbocycles. The van der Waals surface area contributed by atoms with Crippen molar-refractivity contribution >= 4 is 34.3 Å². The molecule has 0 saturated heterocycles. The molecule has 1 N–H and O–H groups in total. The number of para-hydroxylation sites is 1. The maximum absolute atomic E-state index is 14.0. The molecule has 8 nitrogen and oxygen atoms in total. The number of rotatable bonds is 8. The lowest BCUT2D eigenvalue weighted by atomic mass is 9.95. The van der Waals surface area contributed by atoms with Gasteiger partial charge >= 0.3 is 5.97 Å². The lowest BCUT2D eigenvalue weighted by molar-refractivity contribution is -0.139.